The Balaban J connectivity index is 1.74. The quantitative estimate of drug-likeness (QED) is 0.614. The van der Waals surface area contributed by atoms with E-state index in [9.17, 15) is 14.4 Å². The van der Waals surface area contributed by atoms with Gasteiger partial charge in [0.05, 0.1) is 27.4 Å². The predicted octanol–water partition coefficient (Wildman–Crippen LogP) is 3.34. The fourth-order valence-electron chi connectivity index (χ4n) is 4.29. The molecule has 0 spiro atoms. The highest BCUT2D eigenvalue weighted by atomic mass is 16.5. The maximum Gasteiger partial charge on any atom is 0.254 e. The van der Waals surface area contributed by atoms with Crippen LogP contribution in [0.2, 0.25) is 0 Å². The highest BCUT2D eigenvalue weighted by Gasteiger charge is 2.34. The molecule has 0 aromatic heterocycles. The van der Waals surface area contributed by atoms with Crippen molar-refractivity contribution in [1.29, 1.82) is 0 Å². The van der Waals surface area contributed by atoms with E-state index in [1.54, 1.807) is 11.8 Å². The molecular weight excluding hydrogens is 434 g/mol. The number of carbonyl (C=O) groups is 3. The van der Waals surface area contributed by atoms with Crippen molar-refractivity contribution in [2.45, 2.75) is 13.3 Å². The molecule has 0 atom stereocenters. The van der Waals surface area contributed by atoms with E-state index in [1.807, 2.05) is 48.5 Å². The lowest BCUT2D eigenvalue weighted by molar-refractivity contribution is -0.121. The van der Waals surface area contributed by atoms with Gasteiger partial charge in [-0.05, 0) is 29.7 Å². The average molecular weight is 462 g/mol. The topological polar surface area (TPSA) is 82.1 Å². The summed E-state index contributed by atoms with van der Waals surface area (Å²) in [5.74, 6) is -1.03. The molecule has 1 aliphatic heterocycles. The molecule has 7 heteroatoms. The third-order valence-electron chi connectivity index (χ3n) is 6.17. The van der Waals surface area contributed by atoms with Crippen LogP contribution in [0.4, 0.5) is 0 Å². The number of benzene rings is 2. The van der Waals surface area contributed by atoms with Crippen LogP contribution in [0.25, 0.3) is 11.1 Å². The van der Waals surface area contributed by atoms with Crippen LogP contribution in [0, 0.1) is 0 Å². The lowest BCUT2D eigenvalue weighted by atomic mass is 9.87. The van der Waals surface area contributed by atoms with Crippen molar-refractivity contribution in [3.63, 3.8) is 0 Å². The summed E-state index contributed by atoms with van der Waals surface area (Å²) < 4.78 is 15.7. The molecule has 1 amide bonds. The number of hydrogen-bond donors (Lipinski definition) is 0. The van der Waals surface area contributed by atoms with Crippen molar-refractivity contribution >= 4 is 17.5 Å². The Labute approximate surface area is 198 Å². The number of morpholine rings is 1. The summed E-state index contributed by atoms with van der Waals surface area (Å²) in [7, 11) is 2.68. The van der Waals surface area contributed by atoms with Crippen LogP contribution >= 0.6 is 0 Å². The van der Waals surface area contributed by atoms with Gasteiger partial charge in [-0.25, -0.2) is 0 Å². The molecule has 1 aliphatic carbocycles. The van der Waals surface area contributed by atoms with E-state index < -0.39 is 0 Å². The Bertz CT molecular complexity index is 1190. The maximum atomic E-state index is 13.5. The Morgan fingerprint density at radius 1 is 0.941 bits per heavy atom. The van der Waals surface area contributed by atoms with Gasteiger partial charge in [-0.1, -0.05) is 42.5 Å². The standard InChI is InChI=1S/C27H27NO6/c1-17-21(24(30)26(33-3)25(32-2)23(17)29)15-18-9-10-20(19-7-5-4-6-8-19)22(16-18)27(31)28-11-13-34-14-12-28/h4-10,16H,11-15H2,1-3H3. The van der Waals surface area contributed by atoms with Crippen molar-refractivity contribution in [2.24, 2.45) is 0 Å². The zero-order valence-corrected chi connectivity index (χ0v) is 19.6. The van der Waals surface area contributed by atoms with E-state index in [0.717, 1.165) is 16.7 Å². The van der Waals surface area contributed by atoms with Crippen LogP contribution in [0.1, 0.15) is 22.8 Å². The molecule has 0 unspecified atom stereocenters. The lowest BCUT2D eigenvalue weighted by Crippen LogP contribution is -2.40. The van der Waals surface area contributed by atoms with Gasteiger partial charge in [-0.3, -0.25) is 14.4 Å². The molecular formula is C27H27NO6. The molecule has 34 heavy (non-hydrogen) atoms. The number of methoxy groups -OCH3 is 2. The minimum atomic E-state index is -0.385. The second-order valence-electron chi connectivity index (χ2n) is 8.16. The Hall–Kier alpha value is -3.71. The summed E-state index contributed by atoms with van der Waals surface area (Å²) in [4.78, 5) is 41.1. The number of hydrogen-bond acceptors (Lipinski definition) is 6. The van der Waals surface area contributed by atoms with Crippen molar-refractivity contribution in [1.82, 2.24) is 4.90 Å². The number of rotatable bonds is 6. The van der Waals surface area contributed by atoms with Gasteiger partial charge < -0.3 is 19.1 Å². The van der Waals surface area contributed by atoms with Crippen LogP contribution < -0.4 is 0 Å². The maximum absolute atomic E-state index is 13.5. The van der Waals surface area contributed by atoms with Gasteiger partial charge in [0, 0.05) is 36.2 Å². The third kappa shape index (κ3) is 4.39. The zero-order valence-electron chi connectivity index (χ0n) is 19.6. The van der Waals surface area contributed by atoms with Gasteiger partial charge in [-0.15, -0.1) is 0 Å². The van der Waals surface area contributed by atoms with Gasteiger partial charge >= 0.3 is 0 Å². The number of ketones is 2. The monoisotopic (exact) mass is 461 g/mol. The SMILES string of the molecule is COC1=C(OC)C(=O)C(Cc2ccc(-c3ccccc3)c(C(=O)N3CCOCC3)c2)=C(C)C1=O. The molecule has 2 aromatic rings. The van der Waals surface area contributed by atoms with E-state index in [-0.39, 0.29) is 35.4 Å². The highest BCUT2D eigenvalue weighted by Crippen LogP contribution is 2.31. The number of ether oxygens (including phenoxy) is 3. The van der Waals surface area contributed by atoms with Crippen LogP contribution in [-0.2, 0) is 30.2 Å². The summed E-state index contributed by atoms with van der Waals surface area (Å²) in [6.07, 6.45) is 0.193. The lowest BCUT2D eigenvalue weighted by Gasteiger charge is -2.28. The number of Topliss-reactive ketones (excluding diaryl/α,β-unsaturated/α-hetero) is 2. The third-order valence-corrected chi connectivity index (χ3v) is 6.17. The number of allylic oxidation sites excluding steroid dienone is 2. The summed E-state index contributed by atoms with van der Waals surface area (Å²) in [6, 6.07) is 15.3. The van der Waals surface area contributed by atoms with Crippen molar-refractivity contribution < 1.29 is 28.6 Å². The normalized spacial score (nSPS) is 16.7. The second kappa shape index (κ2) is 10.1. The fraction of sp³-hybridized carbons (Fsp3) is 0.296. The Morgan fingerprint density at radius 3 is 2.24 bits per heavy atom. The van der Waals surface area contributed by atoms with Crippen LogP contribution in [0.3, 0.4) is 0 Å². The summed E-state index contributed by atoms with van der Waals surface area (Å²) in [5.41, 5.74) is 3.70. The minimum absolute atomic E-state index is 0.0834. The fourth-order valence-corrected chi connectivity index (χ4v) is 4.29. The first-order valence-electron chi connectivity index (χ1n) is 11.1. The smallest absolute Gasteiger partial charge is 0.254 e. The summed E-state index contributed by atoms with van der Waals surface area (Å²) in [6.45, 7) is 3.66. The van der Waals surface area contributed by atoms with Crippen LogP contribution in [-0.4, -0.2) is 62.9 Å². The molecule has 4 rings (SSSR count). The van der Waals surface area contributed by atoms with Crippen molar-refractivity contribution in [3.05, 3.63) is 82.3 Å². The minimum Gasteiger partial charge on any atom is -0.489 e. The summed E-state index contributed by atoms with van der Waals surface area (Å²) in [5, 5.41) is 0. The first kappa shape index (κ1) is 23.4. The van der Waals surface area contributed by atoms with E-state index in [2.05, 4.69) is 0 Å². The van der Waals surface area contributed by atoms with E-state index in [0.29, 0.717) is 43.0 Å². The van der Waals surface area contributed by atoms with E-state index in [4.69, 9.17) is 14.2 Å². The first-order valence-corrected chi connectivity index (χ1v) is 11.1. The van der Waals surface area contributed by atoms with E-state index >= 15 is 0 Å². The molecule has 0 N–H and O–H groups in total. The second-order valence-corrected chi connectivity index (χ2v) is 8.16. The Morgan fingerprint density at radius 2 is 1.59 bits per heavy atom. The van der Waals surface area contributed by atoms with Crippen LogP contribution in [0.5, 0.6) is 0 Å². The molecule has 1 saturated heterocycles. The molecule has 2 aliphatic rings. The molecule has 2 aromatic carbocycles. The van der Waals surface area contributed by atoms with Crippen molar-refractivity contribution in [3.8, 4) is 11.1 Å². The highest BCUT2D eigenvalue weighted by molar-refractivity contribution is 6.23. The summed E-state index contributed by atoms with van der Waals surface area (Å²) >= 11 is 0. The molecule has 0 bridgehead atoms. The molecule has 1 heterocycles. The molecule has 7 nitrogen and oxygen atoms in total. The van der Waals surface area contributed by atoms with Gasteiger partial charge in [0.1, 0.15) is 0 Å². The van der Waals surface area contributed by atoms with Gasteiger partial charge in [0.2, 0.25) is 23.1 Å². The van der Waals surface area contributed by atoms with E-state index in [1.165, 1.54) is 14.2 Å². The van der Waals surface area contributed by atoms with Gasteiger partial charge in [-0.2, -0.15) is 0 Å². The number of carbonyl (C=O) groups excluding carboxylic acids is 3. The Kier molecular flexibility index (Phi) is 6.93. The van der Waals surface area contributed by atoms with Crippen LogP contribution in [0.15, 0.2) is 71.2 Å². The molecule has 0 radical (unpaired) electrons. The van der Waals surface area contributed by atoms with Gasteiger partial charge in [0.25, 0.3) is 5.91 Å². The average Bonchev–Trinajstić information content (AvgIpc) is 2.89. The van der Waals surface area contributed by atoms with Crippen molar-refractivity contribution in [2.75, 3.05) is 40.5 Å². The number of amides is 1. The van der Waals surface area contributed by atoms with Gasteiger partial charge in [0.15, 0.2) is 0 Å². The zero-order chi connectivity index (χ0) is 24.2. The molecule has 176 valence electrons. The predicted molar refractivity (Wildman–Crippen MR) is 126 cm³/mol. The molecule has 1 fully saturated rings. The molecule has 0 saturated carbocycles. The number of nitrogens with zero attached hydrogens (tertiary/aromatic N) is 1. The largest absolute Gasteiger partial charge is 0.489 e. The first-order chi connectivity index (χ1) is 16.5.